The SMILES string of the molecule is Cc1ccc(C(C)(O)c2cccc(C3CCC3)c2)s1. The second-order valence-corrected chi connectivity index (χ2v) is 7.02. The lowest BCUT2D eigenvalue weighted by molar-refractivity contribution is 0.106. The van der Waals surface area contributed by atoms with Gasteiger partial charge in [0.1, 0.15) is 5.60 Å². The Morgan fingerprint density at radius 3 is 2.58 bits per heavy atom. The van der Waals surface area contributed by atoms with Gasteiger partial charge < -0.3 is 5.11 Å². The van der Waals surface area contributed by atoms with Crippen molar-refractivity contribution < 1.29 is 5.11 Å². The Bertz CT molecular complexity index is 578. The van der Waals surface area contributed by atoms with Gasteiger partial charge in [-0.25, -0.2) is 0 Å². The molecule has 0 bridgehead atoms. The van der Waals surface area contributed by atoms with Gasteiger partial charge in [0.25, 0.3) is 0 Å². The normalized spacial score (nSPS) is 18.9. The van der Waals surface area contributed by atoms with Gasteiger partial charge in [-0.3, -0.25) is 0 Å². The minimum Gasteiger partial charge on any atom is -0.380 e. The van der Waals surface area contributed by atoms with Crippen LogP contribution >= 0.6 is 11.3 Å². The number of rotatable bonds is 3. The molecule has 1 N–H and O–H groups in total. The summed E-state index contributed by atoms with van der Waals surface area (Å²) >= 11 is 1.67. The molecule has 19 heavy (non-hydrogen) atoms. The van der Waals surface area contributed by atoms with Gasteiger partial charge in [-0.2, -0.15) is 0 Å². The summed E-state index contributed by atoms with van der Waals surface area (Å²) in [5, 5.41) is 10.9. The summed E-state index contributed by atoms with van der Waals surface area (Å²) in [6, 6.07) is 12.6. The third-order valence-corrected chi connectivity index (χ3v) is 5.46. The molecular formula is C17H20OS. The molecule has 2 heteroatoms. The molecular weight excluding hydrogens is 252 g/mol. The fourth-order valence-corrected chi connectivity index (χ4v) is 3.61. The monoisotopic (exact) mass is 272 g/mol. The van der Waals surface area contributed by atoms with E-state index in [0.717, 1.165) is 10.4 Å². The number of aryl methyl sites for hydroxylation is 1. The molecule has 0 aliphatic heterocycles. The quantitative estimate of drug-likeness (QED) is 0.867. The van der Waals surface area contributed by atoms with Gasteiger partial charge in [0.2, 0.25) is 0 Å². The first-order chi connectivity index (χ1) is 9.07. The van der Waals surface area contributed by atoms with Gasteiger partial charge in [0, 0.05) is 9.75 Å². The van der Waals surface area contributed by atoms with Crippen molar-refractivity contribution in [3.63, 3.8) is 0 Å². The lowest BCUT2D eigenvalue weighted by atomic mass is 9.78. The molecule has 1 heterocycles. The standard InChI is InChI=1S/C17H20OS/c1-12-9-10-16(19-12)17(2,18)15-8-4-7-14(11-15)13-5-3-6-13/h4,7-11,13,18H,3,5-6H2,1-2H3. The molecule has 1 nitrogen and oxygen atoms in total. The Morgan fingerprint density at radius 2 is 2.00 bits per heavy atom. The van der Waals surface area contributed by atoms with Crippen LogP contribution in [0.4, 0.5) is 0 Å². The fourth-order valence-electron chi connectivity index (χ4n) is 2.68. The third kappa shape index (κ3) is 2.35. The molecule has 0 spiro atoms. The van der Waals surface area contributed by atoms with Crippen molar-refractivity contribution in [2.45, 2.75) is 44.6 Å². The van der Waals surface area contributed by atoms with E-state index in [2.05, 4.69) is 31.2 Å². The Kier molecular flexibility index (Phi) is 3.23. The zero-order chi connectivity index (χ0) is 13.5. The summed E-state index contributed by atoms with van der Waals surface area (Å²) in [7, 11) is 0. The smallest absolute Gasteiger partial charge is 0.121 e. The van der Waals surface area contributed by atoms with Crippen molar-refractivity contribution in [2.24, 2.45) is 0 Å². The van der Waals surface area contributed by atoms with Gasteiger partial charge in [-0.15, -0.1) is 11.3 Å². The van der Waals surface area contributed by atoms with E-state index in [1.54, 1.807) is 11.3 Å². The second kappa shape index (κ2) is 4.77. The van der Waals surface area contributed by atoms with E-state index in [-0.39, 0.29) is 0 Å². The van der Waals surface area contributed by atoms with E-state index in [0.29, 0.717) is 5.92 Å². The molecule has 1 saturated carbocycles. The highest BCUT2D eigenvalue weighted by atomic mass is 32.1. The molecule has 1 aromatic heterocycles. The molecule has 1 atom stereocenters. The van der Waals surface area contributed by atoms with Gasteiger partial charge in [-0.05, 0) is 55.9 Å². The van der Waals surface area contributed by atoms with Crippen LogP contribution in [-0.4, -0.2) is 5.11 Å². The zero-order valence-electron chi connectivity index (χ0n) is 11.5. The van der Waals surface area contributed by atoms with Crippen molar-refractivity contribution >= 4 is 11.3 Å². The molecule has 1 aliphatic carbocycles. The van der Waals surface area contributed by atoms with Crippen LogP contribution in [0.2, 0.25) is 0 Å². The molecule has 0 radical (unpaired) electrons. The Balaban J connectivity index is 1.96. The summed E-state index contributed by atoms with van der Waals surface area (Å²) in [5.41, 5.74) is 1.52. The topological polar surface area (TPSA) is 20.2 Å². The van der Waals surface area contributed by atoms with E-state index in [4.69, 9.17) is 0 Å². The van der Waals surface area contributed by atoms with E-state index in [1.807, 2.05) is 19.1 Å². The number of hydrogen-bond acceptors (Lipinski definition) is 2. The van der Waals surface area contributed by atoms with Crippen LogP contribution in [0, 0.1) is 6.92 Å². The van der Waals surface area contributed by atoms with Crippen LogP contribution < -0.4 is 0 Å². The summed E-state index contributed by atoms with van der Waals surface area (Å²) < 4.78 is 0. The Labute approximate surface area is 118 Å². The van der Waals surface area contributed by atoms with E-state index in [1.165, 1.54) is 29.7 Å². The van der Waals surface area contributed by atoms with Crippen molar-refractivity contribution in [1.82, 2.24) is 0 Å². The van der Waals surface area contributed by atoms with E-state index < -0.39 is 5.60 Å². The lowest BCUT2D eigenvalue weighted by Gasteiger charge is -2.28. The summed E-state index contributed by atoms with van der Waals surface area (Å²) in [5.74, 6) is 0.709. The van der Waals surface area contributed by atoms with Crippen LogP contribution in [0.5, 0.6) is 0 Å². The van der Waals surface area contributed by atoms with Gasteiger partial charge in [-0.1, -0.05) is 30.7 Å². The first kappa shape index (κ1) is 12.9. The molecule has 0 saturated heterocycles. The Morgan fingerprint density at radius 1 is 1.21 bits per heavy atom. The van der Waals surface area contributed by atoms with Crippen molar-refractivity contribution in [1.29, 1.82) is 0 Å². The lowest BCUT2D eigenvalue weighted by Crippen LogP contribution is -2.22. The summed E-state index contributed by atoms with van der Waals surface area (Å²) in [4.78, 5) is 2.26. The highest BCUT2D eigenvalue weighted by Gasteiger charge is 2.28. The predicted octanol–water partition coefficient (Wildman–Crippen LogP) is 4.58. The maximum atomic E-state index is 10.9. The highest BCUT2D eigenvalue weighted by Crippen LogP contribution is 2.39. The highest BCUT2D eigenvalue weighted by molar-refractivity contribution is 7.12. The first-order valence-electron chi connectivity index (χ1n) is 6.97. The summed E-state index contributed by atoms with van der Waals surface area (Å²) in [6.07, 6.45) is 3.93. The number of aliphatic hydroxyl groups is 1. The molecule has 1 aliphatic rings. The molecule has 2 aromatic rings. The maximum absolute atomic E-state index is 10.9. The second-order valence-electron chi connectivity index (χ2n) is 5.74. The Hall–Kier alpha value is -1.12. The molecule has 100 valence electrons. The predicted molar refractivity (Wildman–Crippen MR) is 80.8 cm³/mol. The van der Waals surface area contributed by atoms with Crippen LogP contribution in [-0.2, 0) is 5.60 Å². The maximum Gasteiger partial charge on any atom is 0.121 e. The summed E-state index contributed by atoms with van der Waals surface area (Å²) in [6.45, 7) is 3.98. The minimum atomic E-state index is -0.876. The van der Waals surface area contributed by atoms with Crippen molar-refractivity contribution in [3.05, 3.63) is 57.3 Å². The minimum absolute atomic E-state index is 0.709. The van der Waals surface area contributed by atoms with Crippen LogP contribution in [0.3, 0.4) is 0 Å². The molecule has 3 rings (SSSR count). The average Bonchev–Trinajstić information content (AvgIpc) is 2.75. The average molecular weight is 272 g/mol. The fraction of sp³-hybridized carbons (Fsp3) is 0.412. The molecule has 1 unspecified atom stereocenters. The van der Waals surface area contributed by atoms with Crippen molar-refractivity contribution in [2.75, 3.05) is 0 Å². The van der Waals surface area contributed by atoms with Crippen LogP contribution in [0.25, 0.3) is 0 Å². The molecule has 1 fully saturated rings. The zero-order valence-corrected chi connectivity index (χ0v) is 12.3. The molecule has 0 amide bonds. The largest absolute Gasteiger partial charge is 0.380 e. The third-order valence-electron chi connectivity index (χ3n) is 4.25. The van der Waals surface area contributed by atoms with E-state index >= 15 is 0 Å². The van der Waals surface area contributed by atoms with Crippen LogP contribution in [0.1, 0.15) is 53.0 Å². The van der Waals surface area contributed by atoms with Gasteiger partial charge in [0.15, 0.2) is 0 Å². The van der Waals surface area contributed by atoms with Gasteiger partial charge in [0.05, 0.1) is 0 Å². The molecule has 1 aromatic carbocycles. The van der Waals surface area contributed by atoms with Crippen LogP contribution in [0.15, 0.2) is 36.4 Å². The first-order valence-corrected chi connectivity index (χ1v) is 7.79. The number of benzene rings is 1. The number of thiophene rings is 1. The number of hydrogen-bond donors (Lipinski definition) is 1. The van der Waals surface area contributed by atoms with E-state index in [9.17, 15) is 5.11 Å². The van der Waals surface area contributed by atoms with Crippen molar-refractivity contribution in [3.8, 4) is 0 Å². The van der Waals surface area contributed by atoms with Gasteiger partial charge >= 0.3 is 0 Å².